The minimum atomic E-state index is -4.02. The van der Waals surface area contributed by atoms with Crippen LogP contribution in [-0.4, -0.2) is 59.0 Å². The third kappa shape index (κ3) is 6.53. The van der Waals surface area contributed by atoms with Crippen molar-refractivity contribution in [1.29, 1.82) is 0 Å². The van der Waals surface area contributed by atoms with Crippen LogP contribution in [0.3, 0.4) is 0 Å². The number of likely N-dealkylation sites (N-methyl/N-ethyl adjacent to an activating group) is 1. The lowest BCUT2D eigenvalue weighted by Gasteiger charge is -2.17. The monoisotopic (exact) mass is 437 g/mol. The Kier molecular flexibility index (Phi) is 8.31. The van der Waals surface area contributed by atoms with Crippen LogP contribution in [0.15, 0.2) is 53.4 Å². The fourth-order valence-corrected chi connectivity index (χ4v) is 3.60. The summed E-state index contributed by atoms with van der Waals surface area (Å²) >= 11 is 0. The van der Waals surface area contributed by atoms with Crippen LogP contribution in [0, 0.1) is 5.82 Å². The largest absolute Gasteiger partial charge is 0.385 e. The SMILES string of the molecule is COCCCNC(=O)CN(C)C(=O)c1ccc(S(=O)(=O)Nc2ccccc2F)cc1. The van der Waals surface area contributed by atoms with E-state index in [1.165, 1.54) is 54.4 Å². The molecule has 2 N–H and O–H groups in total. The van der Waals surface area contributed by atoms with Gasteiger partial charge in [-0.05, 0) is 42.8 Å². The molecule has 0 radical (unpaired) electrons. The molecular weight excluding hydrogens is 413 g/mol. The molecule has 0 unspecified atom stereocenters. The number of rotatable bonds is 10. The molecule has 0 heterocycles. The molecule has 8 nitrogen and oxygen atoms in total. The van der Waals surface area contributed by atoms with Gasteiger partial charge in [0.1, 0.15) is 5.82 Å². The second-order valence-corrected chi connectivity index (χ2v) is 8.15. The molecule has 0 aliphatic heterocycles. The van der Waals surface area contributed by atoms with E-state index in [9.17, 15) is 22.4 Å². The molecule has 2 aromatic carbocycles. The molecule has 0 spiro atoms. The highest BCUT2D eigenvalue weighted by Crippen LogP contribution is 2.19. The summed E-state index contributed by atoms with van der Waals surface area (Å²) in [6.07, 6.45) is 0.663. The van der Waals surface area contributed by atoms with E-state index in [1.807, 2.05) is 0 Å². The summed E-state index contributed by atoms with van der Waals surface area (Å²) in [5.74, 6) is -1.45. The normalized spacial score (nSPS) is 11.0. The number of hydrogen-bond acceptors (Lipinski definition) is 5. The Morgan fingerprint density at radius 2 is 1.77 bits per heavy atom. The zero-order chi connectivity index (χ0) is 22.1. The van der Waals surface area contributed by atoms with Crippen molar-refractivity contribution in [3.8, 4) is 0 Å². The molecule has 0 fully saturated rings. The number of para-hydroxylation sites is 1. The van der Waals surface area contributed by atoms with Gasteiger partial charge >= 0.3 is 0 Å². The van der Waals surface area contributed by atoms with Crippen molar-refractivity contribution in [1.82, 2.24) is 10.2 Å². The number of methoxy groups -OCH3 is 1. The lowest BCUT2D eigenvalue weighted by atomic mass is 10.2. The zero-order valence-corrected chi connectivity index (χ0v) is 17.5. The van der Waals surface area contributed by atoms with Gasteiger partial charge in [0.05, 0.1) is 17.1 Å². The average Bonchev–Trinajstić information content (AvgIpc) is 2.72. The maximum atomic E-state index is 13.7. The Balaban J connectivity index is 1.99. The first-order valence-electron chi connectivity index (χ1n) is 9.13. The van der Waals surface area contributed by atoms with Crippen LogP contribution < -0.4 is 10.0 Å². The van der Waals surface area contributed by atoms with Crippen LogP contribution in [-0.2, 0) is 19.6 Å². The van der Waals surface area contributed by atoms with Crippen LogP contribution in [0.1, 0.15) is 16.8 Å². The van der Waals surface area contributed by atoms with E-state index in [0.29, 0.717) is 19.6 Å². The molecule has 2 rings (SSSR count). The Bertz CT molecular complexity index is 980. The summed E-state index contributed by atoms with van der Waals surface area (Å²) in [6.45, 7) is 0.826. The maximum Gasteiger partial charge on any atom is 0.261 e. The molecule has 0 aliphatic carbocycles. The zero-order valence-electron chi connectivity index (χ0n) is 16.7. The van der Waals surface area contributed by atoms with Gasteiger partial charge in [0.25, 0.3) is 15.9 Å². The number of nitrogens with one attached hydrogen (secondary N) is 2. The Hall–Kier alpha value is -2.98. The van der Waals surface area contributed by atoms with Crippen molar-refractivity contribution < 1.29 is 27.1 Å². The Labute approximate surface area is 175 Å². The van der Waals surface area contributed by atoms with Crippen LogP contribution >= 0.6 is 0 Å². The summed E-state index contributed by atoms with van der Waals surface area (Å²) in [5.41, 5.74) is 0.0448. The number of amides is 2. The molecule has 2 aromatic rings. The molecule has 10 heteroatoms. The number of ether oxygens (including phenoxy) is 1. The second-order valence-electron chi connectivity index (χ2n) is 6.47. The molecule has 30 heavy (non-hydrogen) atoms. The van der Waals surface area contributed by atoms with E-state index in [4.69, 9.17) is 4.74 Å². The van der Waals surface area contributed by atoms with Gasteiger partial charge in [-0.15, -0.1) is 0 Å². The van der Waals surface area contributed by atoms with Crippen molar-refractivity contribution >= 4 is 27.5 Å². The van der Waals surface area contributed by atoms with Gasteiger partial charge in [0.2, 0.25) is 5.91 Å². The molecule has 0 bridgehead atoms. The Morgan fingerprint density at radius 1 is 1.10 bits per heavy atom. The lowest BCUT2D eigenvalue weighted by Crippen LogP contribution is -2.38. The number of carbonyl (C=O) groups excluding carboxylic acids is 2. The lowest BCUT2D eigenvalue weighted by molar-refractivity contribution is -0.121. The fraction of sp³-hybridized carbons (Fsp3) is 0.300. The quantitative estimate of drug-likeness (QED) is 0.552. The summed E-state index contributed by atoms with van der Waals surface area (Å²) in [4.78, 5) is 25.4. The summed E-state index contributed by atoms with van der Waals surface area (Å²) in [7, 11) is -0.978. The van der Waals surface area contributed by atoms with E-state index < -0.39 is 21.7 Å². The first kappa shape index (κ1) is 23.3. The second kappa shape index (κ2) is 10.7. The minimum absolute atomic E-state index is 0.124. The van der Waals surface area contributed by atoms with Crippen LogP contribution in [0.2, 0.25) is 0 Å². The van der Waals surface area contributed by atoms with Crippen molar-refractivity contribution in [2.24, 2.45) is 0 Å². The number of benzene rings is 2. The molecule has 0 aliphatic rings. The number of hydrogen-bond donors (Lipinski definition) is 2. The highest BCUT2D eigenvalue weighted by Gasteiger charge is 2.19. The van der Waals surface area contributed by atoms with Crippen LogP contribution in [0.25, 0.3) is 0 Å². The fourth-order valence-electron chi connectivity index (χ4n) is 2.53. The standard InChI is InChI=1S/C20H24FN3O5S/c1-24(14-19(25)22-12-5-13-29-2)20(26)15-8-10-16(11-9-15)30(27,28)23-18-7-4-3-6-17(18)21/h3-4,6-11,23H,5,12-14H2,1-2H3,(H,22,25). The van der Waals surface area contributed by atoms with E-state index in [-0.39, 0.29) is 28.6 Å². The number of anilines is 1. The van der Waals surface area contributed by atoms with Crippen molar-refractivity contribution in [2.45, 2.75) is 11.3 Å². The van der Waals surface area contributed by atoms with Gasteiger partial charge in [0.15, 0.2) is 0 Å². The van der Waals surface area contributed by atoms with E-state index in [2.05, 4.69) is 10.0 Å². The van der Waals surface area contributed by atoms with Gasteiger partial charge in [0, 0.05) is 32.9 Å². The highest BCUT2D eigenvalue weighted by atomic mass is 32.2. The summed E-state index contributed by atoms with van der Waals surface area (Å²) in [6, 6.07) is 10.6. The average molecular weight is 437 g/mol. The minimum Gasteiger partial charge on any atom is -0.385 e. The van der Waals surface area contributed by atoms with Gasteiger partial charge in [-0.2, -0.15) is 0 Å². The van der Waals surface area contributed by atoms with Crippen LogP contribution in [0.5, 0.6) is 0 Å². The van der Waals surface area contributed by atoms with Crippen molar-refractivity contribution in [3.63, 3.8) is 0 Å². The topological polar surface area (TPSA) is 105 Å². The van der Waals surface area contributed by atoms with Gasteiger partial charge in [-0.25, -0.2) is 12.8 Å². The molecule has 0 saturated carbocycles. The van der Waals surface area contributed by atoms with Crippen molar-refractivity contribution in [3.05, 3.63) is 59.9 Å². The molecule has 0 aromatic heterocycles. The molecule has 0 atom stereocenters. The van der Waals surface area contributed by atoms with Crippen molar-refractivity contribution in [2.75, 3.05) is 38.6 Å². The summed E-state index contributed by atoms with van der Waals surface area (Å²) < 4.78 is 45.6. The molecule has 2 amide bonds. The van der Waals surface area contributed by atoms with E-state index in [1.54, 1.807) is 7.11 Å². The number of halogens is 1. The number of carbonyl (C=O) groups is 2. The third-order valence-corrected chi connectivity index (χ3v) is 5.49. The van der Waals surface area contributed by atoms with Gasteiger partial charge < -0.3 is 15.0 Å². The summed E-state index contributed by atoms with van der Waals surface area (Å²) in [5, 5.41) is 2.68. The third-order valence-electron chi connectivity index (χ3n) is 4.10. The highest BCUT2D eigenvalue weighted by molar-refractivity contribution is 7.92. The van der Waals surface area contributed by atoms with Gasteiger partial charge in [-0.3, -0.25) is 14.3 Å². The first-order chi connectivity index (χ1) is 14.2. The molecule has 0 saturated heterocycles. The molecular formula is C20H24FN3O5S. The number of nitrogens with zero attached hydrogens (tertiary/aromatic N) is 1. The molecule has 162 valence electrons. The predicted molar refractivity (Wildman–Crippen MR) is 110 cm³/mol. The Morgan fingerprint density at radius 3 is 2.40 bits per heavy atom. The maximum absolute atomic E-state index is 13.7. The van der Waals surface area contributed by atoms with E-state index >= 15 is 0 Å². The van der Waals surface area contributed by atoms with E-state index in [0.717, 1.165) is 6.07 Å². The van der Waals surface area contributed by atoms with Crippen LogP contribution in [0.4, 0.5) is 10.1 Å². The number of sulfonamides is 1. The van der Waals surface area contributed by atoms with Gasteiger partial charge in [-0.1, -0.05) is 12.1 Å². The first-order valence-corrected chi connectivity index (χ1v) is 10.6. The predicted octanol–water partition coefficient (Wildman–Crippen LogP) is 1.85. The smallest absolute Gasteiger partial charge is 0.261 e.